The molecule has 2 heterocycles. The Morgan fingerprint density at radius 2 is 2.29 bits per heavy atom. The summed E-state index contributed by atoms with van der Waals surface area (Å²) < 4.78 is 0. The van der Waals surface area contributed by atoms with Gasteiger partial charge in [0.25, 0.3) is 0 Å². The number of nitrogens with zero attached hydrogens (tertiary/aromatic N) is 2. The number of carbonyl (C=O) groups is 2. The summed E-state index contributed by atoms with van der Waals surface area (Å²) in [5.41, 5.74) is 0.745. The van der Waals surface area contributed by atoms with Gasteiger partial charge in [-0.3, -0.25) is 0 Å². The van der Waals surface area contributed by atoms with E-state index in [9.17, 15) is 14.7 Å². The van der Waals surface area contributed by atoms with Crippen molar-refractivity contribution >= 4 is 23.3 Å². The van der Waals surface area contributed by atoms with E-state index in [0.717, 1.165) is 10.4 Å². The molecule has 0 spiro atoms. The number of nitrogens with one attached hydrogen (secondary N) is 1. The number of carboxylic acids is 1. The van der Waals surface area contributed by atoms with Gasteiger partial charge in [-0.25, -0.2) is 9.59 Å². The summed E-state index contributed by atoms with van der Waals surface area (Å²) in [7, 11) is 3.86. The summed E-state index contributed by atoms with van der Waals surface area (Å²) in [5.74, 6) is -0.982. The number of carboxylic acid groups (broad SMARTS) is 1. The second kappa shape index (κ2) is 6.44. The van der Waals surface area contributed by atoms with Crippen LogP contribution in [0.15, 0.2) is 11.4 Å². The molecule has 0 fully saturated rings. The first-order valence-electron chi connectivity index (χ1n) is 6.91. The molecule has 1 aromatic rings. The van der Waals surface area contributed by atoms with E-state index in [2.05, 4.69) is 5.32 Å². The lowest BCUT2D eigenvalue weighted by Gasteiger charge is -2.34. The fraction of sp³-hybridized carbons (Fsp3) is 0.571. The second-order valence-corrected chi connectivity index (χ2v) is 6.60. The molecule has 21 heavy (non-hydrogen) atoms. The van der Waals surface area contributed by atoms with Crippen LogP contribution in [0.4, 0.5) is 4.79 Å². The monoisotopic (exact) mass is 311 g/mol. The molecule has 2 rings (SSSR count). The van der Waals surface area contributed by atoms with E-state index in [0.29, 0.717) is 19.5 Å². The van der Waals surface area contributed by atoms with E-state index in [1.54, 1.807) is 11.3 Å². The summed E-state index contributed by atoms with van der Waals surface area (Å²) in [5, 5.41) is 14.2. The molecular formula is C14H21N3O3S. The number of fused-ring (bicyclic) bond motifs is 1. The van der Waals surface area contributed by atoms with Crippen molar-refractivity contribution in [1.29, 1.82) is 0 Å². The average Bonchev–Trinajstić information content (AvgIpc) is 2.83. The van der Waals surface area contributed by atoms with Gasteiger partial charge in [-0.05, 0) is 44.4 Å². The number of carbonyl (C=O) groups excluding carboxylic acids is 1. The van der Waals surface area contributed by atoms with Crippen LogP contribution in [-0.2, 0) is 11.2 Å². The molecule has 2 amide bonds. The lowest BCUT2D eigenvalue weighted by atomic mass is 10.0. The molecule has 116 valence electrons. The molecule has 0 aromatic carbocycles. The molecule has 1 aliphatic rings. The minimum atomic E-state index is -0.982. The van der Waals surface area contributed by atoms with E-state index in [1.165, 1.54) is 4.90 Å². The molecule has 2 atom stereocenters. The van der Waals surface area contributed by atoms with Gasteiger partial charge in [0, 0.05) is 24.0 Å². The van der Waals surface area contributed by atoms with Gasteiger partial charge in [-0.15, -0.1) is 11.3 Å². The first kappa shape index (κ1) is 15.8. The highest BCUT2D eigenvalue weighted by Gasteiger charge is 2.36. The molecule has 1 aromatic heterocycles. The van der Waals surface area contributed by atoms with Crippen LogP contribution in [-0.4, -0.2) is 60.1 Å². The number of amides is 2. The van der Waals surface area contributed by atoms with E-state index in [-0.39, 0.29) is 12.1 Å². The third-order valence-corrected chi connectivity index (χ3v) is 4.47. The van der Waals surface area contributed by atoms with Gasteiger partial charge in [0.15, 0.2) is 6.04 Å². The van der Waals surface area contributed by atoms with E-state index in [4.69, 9.17) is 0 Å². The fourth-order valence-corrected chi connectivity index (χ4v) is 3.59. The minimum absolute atomic E-state index is 0.0363. The zero-order chi connectivity index (χ0) is 15.6. The molecule has 0 aliphatic carbocycles. The molecule has 0 bridgehead atoms. The molecule has 2 N–H and O–H groups in total. The van der Waals surface area contributed by atoms with Crippen molar-refractivity contribution in [3.63, 3.8) is 0 Å². The Bertz CT molecular complexity index is 529. The smallest absolute Gasteiger partial charge is 0.331 e. The lowest BCUT2D eigenvalue weighted by Crippen LogP contribution is -2.51. The van der Waals surface area contributed by atoms with Crippen LogP contribution in [0.25, 0.3) is 0 Å². The van der Waals surface area contributed by atoms with Crippen molar-refractivity contribution in [2.24, 2.45) is 0 Å². The molecule has 0 radical (unpaired) electrons. The SMILES string of the molecule is CC(CN(C)C)NC(=O)N1CCc2sccc2C1C(=O)O. The van der Waals surface area contributed by atoms with Gasteiger partial charge >= 0.3 is 12.0 Å². The Kier molecular flexibility index (Phi) is 4.84. The molecule has 0 saturated heterocycles. The van der Waals surface area contributed by atoms with Gasteiger partial charge in [-0.2, -0.15) is 0 Å². The van der Waals surface area contributed by atoms with Crippen molar-refractivity contribution in [2.75, 3.05) is 27.2 Å². The second-order valence-electron chi connectivity index (χ2n) is 5.60. The molecule has 7 heteroatoms. The highest BCUT2D eigenvalue weighted by molar-refractivity contribution is 7.10. The van der Waals surface area contributed by atoms with Crippen LogP contribution in [0.5, 0.6) is 0 Å². The van der Waals surface area contributed by atoms with Crippen LogP contribution in [0, 0.1) is 0 Å². The third-order valence-electron chi connectivity index (χ3n) is 3.47. The Balaban J connectivity index is 2.12. The molecule has 6 nitrogen and oxygen atoms in total. The van der Waals surface area contributed by atoms with Crippen molar-refractivity contribution in [2.45, 2.75) is 25.4 Å². The Hall–Kier alpha value is -1.60. The van der Waals surface area contributed by atoms with Gasteiger partial charge in [0.2, 0.25) is 0 Å². The first-order valence-corrected chi connectivity index (χ1v) is 7.79. The maximum Gasteiger partial charge on any atom is 0.331 e. The maximum atomic E-state index is 12.4. The lowest BCUT2D eigenvalue weighted by molar-refractivity contribution is -0.142. The molecular weight excluding hydrogens is 290 g/mol. The normalized spacial score (nSPS) is 19.2. The van der Waals surface area contributed by atoms with Crippen molar-refractivity contribution in [1.82, 2.24) is 15.1 Å². The van der Waals surface area contributed by atoms with E-state index in [1.807, 2.05) is 37.4 Å². The maximum absolute atomic E-state index is 12.4. The largest absolute Gasteiger partial charge is 0.479 e. The van der Waals surface area contributed by atoms with E-state index < -0.39 is 12.0 Å². The van der Waals surface area contributed by atoms with Gasteiger partial charge in [-0.1, -0.05) is 0 Å². The molecule has 0 saturated carbocycles. The predicted molar refractivity (Wildman–Crippen MR) is 81.7 cm³/mol. The standard InChI is InChI=1S/C14H21N3O3S/c1-9(8-16(2)3)15-14(20)17-6-4-11-10(5-7-21-11)12(17)13(18)19/h5,7,9,12H,4,6,8H2,1-3H3,(H,15,20)(H,18,19). The summed E-state index contributed by atoms with van der Waals surface area (Å²) in [6.07, 6.45) is 0.715. The number of hydrogen-bond acceptors (Lipinski definition) is 4. The van der Waals surface area contributed by atoms with Crippen LogP contribution in [0.1, 0.15) is 23.4 Å². The summed E-state index contributed by atoms with van der Waals surface area (Å²) in [6, 6.07) is 0.576. The van der Waals surface area contributed by atoms with Crippen molar-refractivity contribution < 1.29 is 14.7 Å². The Morgan fingerprint density at radius 1 is 1.57 bits per heavy atom. The summed E-state index contributed by atoms with van der Waals surface area (Å²) in [4.78, 5) is 28.4. The van der Waals surface area contributed by atoms with Gasteiger partial charge in [0.05, 0.1) is 0 Å². The predicted octanol–water partition coefficient (Wildman–Crippen LogP) is 1.39. The van der Waals surface area contributed by atoms with Gasteiger partial charge in [0.1, 0.15) is 0 Å². The first-order chi connectivity index (χ1) is 9.90. The highest BCUT2D eigenvalue weighted by Crippen LogP contribution is 2.33. The molecule has 2 unspecified atom stereocenters. The molecule has 1 aliphatic heterocycles. The van der Waals surface area contributed by atoms with Crippen molar-refractivity contribution in [3.05, 3.63) is 21.9 Å². The topological polar surface area (TPSA) is 72.9 Å². The zero-order valence-electron chi connectivity index (χ0n) is 12.5. The van der Waals surface area contributed by atoms with Crippen molar-refractivity contribution in [3.8, 4) is 0 Å². The Labute approximate surface area is 128 Å². The van der Waals surface area contributed by atoms with Crippen LogP contribution >= 0.6 is 11.3 Å². The fourth-order valence-electron chi connectivity index (χ4n) is 2.69. The average molecular weight is 311 g/mol. The van der Waals surface area contributed by atoms with Crippen LogP contribution in [0.3, 0.4) is 0 Å². The Morgan fingerprint density at radius 3 is 2.90 bits per heavy atom. The number of aliphatic carboxylic acids is 1. The van der Waals surface area contributed by atoms with Crippen LogP contribution in [0.2, 0.25) is 0 Å². The van der Waals surface area contributed by atoms with Gasteiger partial charge < -0.3 is 20.2 Å². The minimum Gasteiger partial charge on any atom is -0.479 e. The summed E-state index contributed by atoms with van der Waals surface area (Å²) in [6.45, 7) is 3.06. The number of thiophene rings is 1. The zero-order valence-corrected chi connectivity index (χ0v) is 13.3. The number of urea groups is 1. The number of rotatable bonds is 4. The highest BCUT2D eigenvalue weighted by atomic mass is 32.1. The summed E-state index contributed by atoms with van der Waals surface area (Å²) >= 11 is 1.55. The third kappa shape index (κ3) is 3.54. The quantitative estimate of drug-likeness (QED) is 0.881. The number of hydrogen-bond donors (Lipinski definition) is 2. The van der Waals surface area contributed by atoms with E-state index >= 15 is 0 Å². The number of likely N-dealkylation sites (N-methyl/N-ethyl adjacent to an activating group) is 1. The van der Waals surface area contributed by atoms with Crippen LogP contribution < -0.4 is 5.32 Å².